The lowest BCUT2D eigenvalue weighted by atomic mass is 10.1. The summed E-state index contributed by atoms with van der Waals surface area (Å²) in [5.74, 6) is 1.01. The van der Waals surface area contributed by atoms with Crippen molar-refractivity contribution in [3.63, 3.8) is 0 Å². The zero-order valence-electron chi connectivity index (χ0n) is 16.7. The van der Waals surface area contributed by atoms with Gasteiger partial charge < -0.3 is 14.6 Å². The van der Waals surface area contributed by atoms with E-state index in [1.165, 1.54) is 36.8 Å². The second-order valence-electron chi connectivity index (χ2n) is 7.72. The fourth-order valence-electron chi connectivity index (χ4n) is 3.84. The monoisotopic (exact) mass is 388 g/mol. The van der Waals surface area contributed by atoms with E-state index in [1.807, 2.05) is 18.3 Å². The highest BCUT2D eigenvalue weighted by atomic mass is 16.5. The summed E-state index contributed by atoms with van der Waals surface area (Å²) in [6.45, 7) is 2.17. The Balaban J connectivity index is 1.31. The topological polar surface area (TPSA) is 43.3 Å². The molecular formula is C25H28N2O2. The number of nitrogens with zero attached hydrogens (tertiary/aromatic N) is 1. The van der Waals surface area contributed by atoms with Crippen LogP contribution in [-0.4, -0.2) is 10.7 Å². The van der Waals surface area contributed by atoms with Gasteiger partial charge in [0.15, 0.2) is 0 Å². The van der Waals surface area contributed by atoms with Crippen molar-refractivity contribution in [3.8, 4) is 5.75 Å². The standard InChI is InChI=1S/C25H28N2O2/c28-25-11-5-6-16-27(25)19-21-14-12-20(13-15-21)17-26-18-22-7-1-4-10-24(22)29-23-8-2-3-9-23/h1,4-7,10-16,23,26H,2-3,8-9,17-19H2. The third kappa shape index (κ3) is 5.36. The maximum absolute atomic E-state index is 11.8. The molecule has 4 rings (SSSR count). The maximum atomic E-state index is 11.8. The molecule has 0 bridgehead atoms. The van der Waals surface area contributed by atoms with Gasteiger partial charge in [-0.2, -0.15) is 0 Å². The van der Waals surface area contributed by atoms with E-state index < -0.39 is 0 Å². The highest BCUT2D eigenvalue weighted by Gasteiger charge is 2.17. The van der Waals surface area contributed by atoms with Crippen LogP contribution in [0.5, 0.6) is 5.75 Å². The van der Waals surface area contributed by atoms with Crippen LogP contribution in [0.3, 0.4) is 0 Å². The van der Waals surface area contributed by atoms with Crippen molar-refractivity contribution >= 4 is 0 Å². The highest BCUT2D eigenvalue weighted by molar-refractivity contribution is 5.33. The van der Waals surface area contributed by atoms with Gasteiger partial charge in [-0.25, -0.2) is 0 Å². The lowest BCUT2D eigenvalue weighted by Crippen LogP contribution is -2.18. The number of aromatic nitrogens is 1. The summed E-state index contributed by atoms with van der Waals surface area (Å²) in [6.07, 6.45) is 7.09. The van der Waals surface area contributed by atoms with Crippen molar-refractivity contribution < 1.29 is 4.74 Å². The Hall–Kier alpha value is -2.85. The molecule has 1 aliphatic carbocycles. The predicted octanol–water partition coefficient (Wildman–Crippen LogP) is 4.51. The second kappa shape index (κ2) is 9.57. The molecule has 0 atom stereocenters. The van der Waals surface area contributed by atoms with Crippen molar-refractivity contribution in [2.24, 2.45) is 0 Å². The highest BCUT2D eigenvalue weighted by Crippen LogP contribution is 2.26. The van der Waals surface area contributed by atoms with Gasteiger partial charge in [0.1, 0.15) is 5.75 Å². The molecule has 3 aromatic rings. The minimum atomic E-state index is 0.0248. The zero-order chi connectivity index (χ0) is 19.9. The van der Waals surface area contributed by atoms with Crippen LogP contribution in [0.2, 0.25) is 0 Å². The van der Waals surface area contributed by atoms with E-state index in [4.69, 9.17) is 4.74 Å². The molecule has 0 radical (unpaired) electrons. The van der Waals surface area contributed by atoms with Gasteiger partial charge in [0.05, 0.1) is 12.6 Å². The Morgan fingerprint density at radius 1 is 0.862 bits per heavy atom. The quantitative estimate of drug-likeness (QED) is 0.617. The molecule has 1 saturated carbocycles. The van der Waals surface area contributed by atoms with Crippen molar-refractivity contribution in [2.75, 3.05) is 0 Å². The number of pyridine rings is 1. The number of nitrogens with one attached hydrogen (secondary N) is 1. The first-order valence-electron chi connectivity index (χ1n) is 10.5. The molecule has 29 heavy (non-hydrogen) atoms. The molecular weight excluding hydrogens is 360 g/mol. The number of hydrogen-bond acceptors (Lipinski definition) is 3. The Labute approximate surface area is 172 Å². The molecule has 2 aromatic carbocycles. The van der Waals surface area contributed by atoms with Gasteiger partial charge in [0.25, 0.3) is 5.56 Å². The van der Waals surface area contributed by atoms with Gasteiger partial charge >= 0.3 is 0 Å². The van der Waals surface area contributed by atoms with Gasteiger partial charge in [-0.15, -0.1) is 0 Å². The molecule has 0 aliphatic heterocycles. The maximum Gasteiger partial charge on any atom is 0.250 e. The number of hydrogen-bond donors (Lipinski definition) is 1. The average molecular weight is 389 g/mol. The van der Waals surface area contributed by atoms with Crippen molar-refractivity contribution in [1.82, 2.24) is 9.88 Å². The Kier molecular flexibility index (Phi) is 6.42. The average Bonchev–Trinajstić information content (AvgIpc) is 3.25. The molecule has 4 heteroatoms. The summed E-state index contributed by atoms with van der Waals surface area (Å²) in [4.78, 5) is 11.8. The Bertz CT molecular complexity index is 972. The van der Waals surface area contributed by atoms with Crippen LogP contribution in [0.1, 0.15) is 42.4 Å². The van der Waals surface area contributed by atoms with E-state index in [9.17, 15) is 4.79 Å². The first-order valence-corrected chi connectivity index (χ1v) is 10.5. The van der Waals surface area contributed by atoms with Crippen LogP contribution >= 0.6 is 0 Å². The van der Waals surface area contributed by atoms with Crippen LogP contribution in [0.4, 0.5) is 0 Å². The summed E-state index contributed by atoms with van der Waals surface area (Å²) in [5.41, 5.74) is 3.58. The fourth-order valence-corrected chi connectivity index (χ4v) is 3.84. The van der Waals surface area contributed by atoms with Gasteiger partial charge in [-0.3, -0.25) is 4.79 Å². The van der Waals surface area contributed by atoms with Gasteiger partial charge in [-0.05, 0) is 48.9 Å². The van der Waals surface area contributed by atoms with Gasteiger partial charge in [0, 0.05) is 30.9 Å². The second-order valence-corrected chi connectivity index (χ2v) is 7.72. The smallest absolute Gasteiger partial charge is 0.250 e. The summed E-state index contributed by atoms with van der Waals surface area (Å²) in [6, 6.07) is 22.0. The molecule has 0 saturated heterocycles. The predicted molar refractivity (Wildman–Crippen MR) is 116 cm³/mol. The first-order chi connectivity index (χ1) is 14.3. The number of rotatable bonds is 8. The van der Waals surface area contributed by atoms with Crippen LogP contribution in [0.15, 0.2) is 77.7 Å². The number of ether oxygens (including phenoxy) is 1. The fraction of sp³-hybridized carbons (Fsp3) is 0.320. The van der Waals surface area contributed by atoms with Crippen LogP contribution in [-0.2, 0) is 19.6 Å². The molecule has 150 valence electrons. The van der Waals surface area contributed by atoms with Crippen LogP contribution in [0, 0.1) is 0 Å². The Morgan fingerprint density at radius 3 is 2.38 bits per heavy atom. The SMILES string of the molecule is O=c1ccccn1Cc1ccc(CNCc2ccccc2OC2CCCC2)cc1. The minimum absolute atomic E-state index is 0.0248. The van der Waals surface area contributed by atoms with E-state index in [0.717, 1.165) is 24.4 Å². The largest absolute Gasteiger partial charge is 0.490 e. The normalized spacial score (nSPS) is 14.2. The lowest BCUT2D eigenvalue weighted by Gasteiger charge is -2.17. The number of benzene rings is 2. The molecule has 0 spiro atoms. The van der Waals surface area contributed by atoms with E-state index in [1.54, 1.807) is 16.7 Å². The molecule has 1 aliphatic rings. The Morgan fingerprint density at radius 2 is 1.59 bits per heavy atom. The third-order valence-corrected chi connectivity index (χ3v) is 5.49. The van der Waals surface area contributed by atoms with Crippen molar-refractivity contribution in [3.05, 3.63) is 100.0 Å². The lowest BCUT2D eigenvalue weighted by molar-refractivity contribution is 0.207. The van der Waals surface area contributed by atoms with E-state index in [2.05, 4.69) is 47.8 Å². The molecule has 1 N–H and O–H groups in total. The van der Waals surface area contributed by atoms with Gasteiger partial charge in [-0.1, -0.05) is 48.5 Å². The molecule has 0 unspecified atom stereocenters. The first kappa shape index (κ1) is 19.5. The van der Waals surface area contributed by atoms with Crippen molar-refractivity contribution in [1.29, 1.82) is 0 Å². The van der Waals surface area contributed by atoms with E-state index in [-0.39, 0.29) is 5.56 Å². The molecule has 1 heterocycles. The summed E-state index contributed by atoms with van der Waals surface area (Å²) >= 11 is 0. The van der Waals surface area contributed by atoms with Gasteiger partial charge in [0.2, 0.25) is 0 Å². The van der Waals surface area contributed by atoms with Crippen LogP contribution < -0.4 is 15.6 Å². The molecule has 1 aromatic heterocycles. The van der Waals surface area contributed by atoms with Crippen molar-refractivity contribution in [2.45, 2.75) is 51.4 Å². The summed E-state index contributed by atoms with van der Waals surface area (Å²) in [5, 5.41) is 3.53. The van der Waals surface area contributed by atoms with Crippen LogP contribution in [0.25, 0.3) is 0 Å². The van der Waals surface area contributed by atoms with E-state index >= 15 is 0 Å². The molecule has 1 fully saturated rings. The number of para-hydroxylation sites is 1. The van der Waals surface area contributed by atoms with E-state index in [0.29, 0.717) is 12.6 Å². The summed E-state index contributed by atoms with van der Waals surface area (Å²) in [7, 11) is 0. The molecule has 4 nitrogen and oxygen atoms in total. The zero-order valence-corrected chi connectivity index (χ0v) is 16.7. The molecule has 0 amide bonds. The third-order valence-electron chi connectivity index (χ3n) is 5.49. The summed E-state index contributed by atoms with van der Waals surface area (Å²) < 4.78 is 7.94. The minimum Gasteiger partial charge on any atom is -0.490 e.